The Kier molecular flexibility index (Phi) is 3.90. The van der Waals surface area contributed by atoms with Crippen LogP contribution in [0.4, 0.5) is 0 Å². The van der Waals surface area contributed by atoms with Gasteiger partial charge in [0.1, 0.15) is 11.6 Å². The predicted molar refractivity (Wildman–Crippen MR) is 75.5 cm³/mol. The van der Waals surface area contributed by atoms with Gasteiger partial charge >= 0.3 is 0 Å². The predicted octanol–water partition coefficient (Wildman–Crippen LogP) is 2.99. The largest absolute Gasteiger partial charge is 0.506 e. The van der Waals surface area contributed by atoms with Crippen molar-refractivity contribution in [2.75, 3.05) is 0 Å². The van der Waals surface area contributed by atoms with Gasteiger partial charge in [0.05, 0.1) is 5.02 Å². The Morgan fingerprint density at radius 1 is 1.37 bits per heavy atom. The first-order valence-corrected chi connectivity index (χ1v) is 6.42. The number of aromatic hydroxyl groups is 1. The van der Waals surface area contributed by atoms with E-state index in [-0.39, 0.29) is 16.3 Å². The van der Waals surface area contributed by atoms with Crippen molar-refractivity contribution in [3.63, 3.8) is 0 Å². The molecule has 100 valence electrons. The first kappa shape index (κ1) is 13.6. The van der Waals surface area contributed by atoms with Crippen LogP contribution in [0.3, 0.4) is 0 Å². The molecule has 0 aliphatic heterocycles. The molecule has 0 saturated carbocycles. The highest BCUT2D eigenvalue weighted by molar-refractivity contribution is 6.32. The van der Waals surface area contributed by atoms with Crippen molar-refractivity contribution in [2.45, 2.75) is 20.3 Å². The summed E-state index contributed by atoms with van der Waals surface area (Å²) >= 11 is 5.86. The Hall–Kier alpha value is -1.81. The Morgan fingerprint density at radius 2 is 2.11 bits per heavy atom. The molecule has 0 aliphatic rings. The average Bonchev–Trinajstić information content (AvgIpc) is 2.31. The van der Waals surface area contributed by atoms with Crippen molar-refractivity contribution in [3.05, 3.63) is 45.3 Å². The lowest BCUT2D eigenvalue weighted by Crippen LogP contribution is -2.11. The van der Waals surface area contributed by atoms with Gasteiger partial charge in [-0.05, 0) is 30.5 Å². The number of hydrogen-bond donors (Lipinski definition) is 2. The van der Waals surface area contributed by atoms with Gasteiger partial charge in [-0.1, -0.05) is 25.4 Å². The third kappa shape index (κ3) is 3.35. The van der Waals surface area contributed by atoms with Gasteiger partial charge in [0.25, 0.3) is 5.56 Å². The molecular formula is C14H15ClN2O2. The first-order chi connectivity index (χ1) is 8.95. The number of aromatic nitrogens is 2. The molecule has 4 nitrogen and oxygen atoms in total. The summed E-state index contributed by atoms with van der Waals surface area (Å²) < 4.78 is 0. The van der Waals surface area contributed by atoms with Crippen molar-refractivity contribution in [1.29, 1.82) is 0 Å². The van der Waals surface area contributed by atoms with Gasteiger partial charge in [0, 0.05) is 17.3 Å². The topological polar surface area (TPSA) is 66.0 Å². The molecule has 0 atom stereocenters. The van der Waals surface area contributed by atoms with Gasteiger partial charge in [0.15, 0.2) is 0 Å². The zero-order valence-electron chi connectivity index (χ0n) is 10.8. The van der Waals surface area contributed by atoms with Crippen LogP contribution < -0.4 is 5.56 Å². The molecule has 2 N–H and O–H groups in total. The molecule has 0 spiro atoms. The summed E-state index contributed by atoms with van der Waals surface area (Å²) in [6, 6.07) is 6.23. The zero-order chi connectivity index (χ0) is 14.0. The fourth-order valence-electron chi connectivity index (χ4n) is 1.82. The minimum absolute atomic E-state index is 0.00565. The second-order valence-electron chi connectivity index (χ2n) is 4.85. The molecule has 1 aromatic carbocycles. The van der Waals surface area contributed by atoms with Gasteiger partial charge in [-0.15, -0.1) is 0 Å². The summed E-state index contributed by atoms with van der Waals surface area (Å²) in [5.74, 6) is 0.890. The minimum atomic E-state index is -0.190. The lowest BCUT2D eigenvalue weighted by atomic mass is 10.1. The third-order valence-electron chi connectivity index (χ3n) is 2.63. The molecular weight excluding hydrogens is 264 g/mol. The van der Waals surface area contributed by atoms with E-state index in [2.05, 4.69) is 23.8 Å². The number of aromatic amines is 1. The summed E-state index contributed by atoms with van der Waals surface area (Å²) in [5, 5.41) is 9.63. The van der Waals surface area contributed by atoms with E-state index in [4.69, 9.17) is 11.6 Å². The lowest BCUT2D eigenvalue weighted by molar-refractivity contribution is 0.475. The first-order valence-electron chi connectivity index (χ1n) is 6.05. The number of hydrogen-bond acceptors (Lipinski definition) is 3. The maximum absolute atomic E-state index is 11.6. The van der Waals surface area contributed by atoms with Crippen LogP contribution in [0.15, 0.2) is 29.1 Å². The van der Waals surface area contributed by atoms with E-state index < -0.39 is 0 Å². The van der Waals surface area contributed by atoms with Gasteiger partial charge in [-0.25, -0.2) is 4.98 Å². The second-order valence-corrected chi connectivity index (χ2v) is 5.26. The van der Waals surface area contributed by atoms with Crippen molar-refractivity contribution in [3.8, 4) is 17.1 Å². The molecule has 1 aromatic heterocycles. The number of benzene rings is 1. The van der Waals surface area contributed by atoms with Crippen molar-refractivity contribution >= 4 is 11.6 Å². The fourth-order valence-corrected chi connectivity index (χ4v) is 2.00. The molecule has 2 rings (SSSR count). The van der Waals surface area contributed by atoms with E-state index in [0.717, 1.165) is 12.1 Å². The van der Waals surface area contributed by atoms with Gasteiger partial charge in [0.2, 0.25) is 0 Å². The van der Waals surface area contributed by atoms with Crippen LogP contribution in [0.5, 0.6) is 5.75 Å². The number of phenolic OH excluding ortho intramolecular Hbond substituents is 1. The van der Waals surface area contributed by atoms with E-state index in [0.29, 0.717) is 17.3 Å². The van der Waals surface area contributed by atoms with Crippen molar-refractivity contribution in [2.24, 2.45) is 5.92 Å². The SMILES string of the molecule is CC(C)Cc1cc(=O)[nH]c(-c2ccc(O)c(Cl)c2)n1. The Balaban J connectivity index is 2.46. The summed E-state index contributed by atoms with van der Waals surface area (Å²) in [6.07, 6.45) is 0.739. The molecule has 0 amide bonds. The highest BCUT2D eigenvalue weighted by atomic mass is 35.5. The zero-order valence-corrected chi connectivity index (χ0v) is 11.5. The van der Waals surface area contributed by atoms with Gasteiger partial charge in [-0.3, -0.25) is 4.79 Å². The Morgan fingerprint density at radius 3 is 2.74 bits per heavy atom. The highest BCUT2D eigenvalue weighted by Gasteiger charge is 2.08. The number of nitrogens with one attached hydrogen (secondary N) is 1. The van der Waals surface area contributed by atoms with Crippen LogP contribution in [0, 0.1) is 5.92 Å². The normalized spacial score (nSPS) is 10.9. The molecule has 19 heavy (non-hydrogen) atoms. The van der Waals surface area contributed by atoms with Crippen LogP contribution in [-0.4, -0.2) is 15.1 Å². The van der Waals surface area contributed by atoms with Crippen molar-refractivity contribution in [1.82, 2.24) is 9.97 Å². The molecule has 0 aliphatic carbocycles. The summed E-state index contributed by atoms with van der Waals surface area (Å²) in [6.45, 7) is 4.14. The molecule has 5 heteroatoms. The minimum Gasteiger partial charge on any atom is -0.506 e. The number of halogens is 1. The smallest absolute Gasteiger partial charge is 0.251 e. The summed E-state index contributed by atoms with van der Waals surface area (Å²) in [4.78, 5) is 18.7. The highest BCUT2D eigenvalue weighted by Crippen LogP contribution is 2.27. The maximum atomic E-state index is 11.6. The van der Waals surface area contributed by atoms with Gasteiger partial charge < -0.3 is 10.1 Å². The standard InChI is InChI=1S/C14H15ClN2O2/c1-8(2)5-10-7-13(19)17-14(16-10)9-3-4-12(18)11(15)6-9/h3-4,6-8,18H,5H2,1-2H3,(H,16,17,19). The quantitative estimate of drug-likeness (QED) is 0.907. The monoisotopic (exact) mass is 278 g/mol. The molecule has 0 unspecified atom stereocenters. The summed E-state index contributed by atoms with van der Waals surface area (Å²) in [5.41, 5.74) is 1.23. The molecule has 0 radical (unpaired) electrons. The number of rotatable bonds is 3. The van der Waals surface area contributed by atoms with E-state index >= 15 is 0 Å². The Labute approximate surface area is 116 Å². The number of nitrogens with zero attached hydrogens (tertiary/aromatic N) is 1. The molecule has 0 saturated heterocycles. The molecule has 0 bridgehead atoms. The fraction of sp³-hybridized carbons (Fsp3) is 0.286. The molecule has 0 fully saturated rings. The van der Waals surface area contributed by atoms with Crippen LogP contribution in [0.25, 0.3) is 11.4 Å². The van der Waals surface area contributed by atoms with E-state index in [1.165, 1.54) is 12.1 Å². The summed E-state index contributed by atoms with van der Waals surface area (Å²) in [7, 11) is 0. The van der Waals surface area contributed by atoms with Crippen molar-refractivity contribution < 1.29 is 5.11 Å². The second kappa shape index (κ2) is 5.45. The van der Waals surface area contributed by atoms with Crippen LogP contribution >= 0.6 is 11.6 Å². The van der Waals surface area contributed by atoms with Crippen LogP contribution in [-0.2, 0) is 6.42 Å². The molecule has 2 aromatic rings. The maximum Gasteiger partial charge on any atom is 0.251 e. The lowest BCUT2D eigenvalue weighted by Gasteiger charge is -2.07. The number of phenols is 1. The van der Waals surface area contributed by atoms with E-state index in [1.807, 2.05) is 0 Å². The van der Waals surface area contributed by atoms with E-state index in [1.54, 1.807) is 12.1 Å². The third-order valence-corrected chi connectivity index (χ3v) is 2.94. The van der Waals surface area contributed by atoms with Gasteiger partial charge in [-0.2, -0.15) is 0 Å². The Bertz CT molecular complexity index is 650. The average molecular weight is 279 g/mol. The molecule has 1 heterocycles. The number of H-pyrrole nitrogens is 1. The van der Waals surface area contributed by atoms with E-state index in [9.17, 15) is 9.90 Å². The van der Waals surface area contributed by atoms with Crippen LogP contribution in [0.1, 0.15) is 19.5 Å². The van der Waals surface area contributed by atoms with Crippen LogP contribution in [0.2, 0.25) is 5.02 Å².